The minimum absolute atomic E-state index is 0.0257. The number of hydrogen-bond donors (Lipinski definition) is 2. The van der Waals surface area contributed by atoms with E-state index in [9.17, 15) is 4.79 Å². The Hall–Kier alpha value is -0.940. The fourth-order valence-corrected chi connectivity index (χ4v) is 3.03. The second-order valence-electron chi connectivity index (χ2n) is 5.07. The van der Waals surface area contributed by atoms with Crippen LogP contribution in [0.2, 0.25) is 0 Å². The van der Waals surface area contributed by atoms with Gasteiger partial charge in [-0.25, -0.2) is 4.98 Å². The van der Waals surface area contributed by atoms with Gasteiger partial charge < -0.3 is 10.6 Å². The first kappa shape index (κ1) is 13.5. The van der Waals surface area contributed by atoms with E-state index in [1.165, 1.54) is 6.42 Å². The highest BCUT2D eigenvalue weighted by Gasteiger charge is 2.27. The van der Waals surface area contributed by atoms with Gasteiger partial charge in [0.2, 0.25) is 5.91 Å². The number of hydrogen-bond acceptors (Lipinski definition) is 4. The van der Waals surface area contributed by atoms with Crippen molar-refractivity contribution < 1.29 is 4.79 Å². The average Bonchev–Trinajstić information content (AvgIpc) is 2.90. The second-order valence-corrected chi connectivity index (χ2v) is 5.99. The van der Waals surface area contributed by atoms with Crippen LogP contribution in [0, 0.1) is 5.92 Å². The molecule has 2 N–H and O–H groups in total. The molecule has 0 aromatic carbocycles. The van der Waals surface area contributed by atoms with Crippen LogP contribution in [0.1, 0.15) is 37.6 Å². The molecule has 100 valence electrons. The Labute approximate surface area is 112 Å². The van der Waals surface area contributed by atoms with E-state index in [4.69, 9.17) is 0 Å². The number of aromatic nitrogens is 1. The van der Waals surface area contributed by atoms with E-state index in [-0.39, 0.29) is 17.9 Å². The van der Waals surface area contributed by atoms with Crippen LogP contribution in [0.4, 0.5) is 0 Å². The molecule has 1 aromatic heterocycles. The van der Waals surface area contributed by atoms with Crippen molar-refractivity contribution in [2.75, 3.05) is 13.1 Å². The topological polar surface area (TPSA) is 54.0 Å². The Kier molecular flexibility index (Phi) is 4.72. The molecule has 1 amide bonds. The monoisotopic (exact) mass is 267 g/mol. The molecule has 1 saturated heterocycles. The molecule has 0 spiro atoms. The molecule has 2 rings (SSSR count). The third-order valence-corrected chi connectivity index (χ3v) is 4.51. The fraction of sp³-hybridized carbons (Fsp3) is 0.692. The number of nitrogens with one attached hydrogen (secondary N) is 2. The van der Waals surface area contributed by atoms with Crippen molar-refractivity contribution in [3.05, 3.63) is 16.6 Å². The van der Waals surface area contributed by atoms with E-state index < -0.39 is 0 Å². The Balaban J connectivity index is 1.80. The number of carbonyl (C=O) groups is 1. The van der Waals surface area contributed by atoms with Gasteiger partial charge in [-0.1, -0.05) is 13.8 Å². The molecule has 1 aliphatic rings. The molecular weight excluding hydrogens is 246 g/mol. The zero-order valence-corrected chi connectivity index (χ0v) is 11.8. The van der Waals surface area contributed by atoms with Crippen molar-refractivity contribution >= 4 is 17.2 Å². The van der Waals surface area contributed by atoms with E-state index in [0.717, 1.165) is 18.0 Å². The summed E-state index contributed by atoms with van der Waals surface area (Å²) in [6, 6.07) is -0.0257. The zero-order valence-electron chi connectivity index (χ0n) is 11.0. The SMILES string of the molecule is CC(CNC(=O)C1NCCCC1C)c1nccs1. The molecule has 1 fully saturated rings. The smallest absolute Gasteiger partial charge is 0.237 e. The van der Waals surface area contributed by atoms with Crippen LogP contribution in [-0.4, -0.2) is 30.0 Å². The van der Waals surface area contributed by atoms with Crippen LogP contribution in [0.5, 0.6) is 0 Å². The molecule has 5 heteroatoms. The van der Waals surface area contributed by atoms with Crippen molar-refractivity contribution in [1.82, 2.24) is 15.6 Å². The van der Waals surface area contributed by atoms with E-state index >= 15 is 0 Å². The van der Waals surface area contributed by atoms with Gasteiger partial charge in [-0.3, -0.25) is 4.79 Å². The zero-order chi connectivity index (χ0) is 13.0. The molecule has 0 radical (unpaired) electrons. The fourth-order valence-electron chi connectivity index (χ4n) is 2.33. The normalized spacial score (nSPS) is 25.7. The van der Waals surface area contributed by atoms with Crippen LogP contribution < -0.4 is 10.6 Å². The number of nitrogens with zero attached hydrogens (tertiary/aromatic N) is 1. The molecule has 4 nitrogen and oxygen atoms in total. The summed E-state index contributed by atoms with van der Waals surface area (Å²) in [7, 11) is 0. The van der Waals surface area contributed by atoms with Crippen molar-refractivity contribution in [3.63, 3.8) is 0 Å². The summed E-state index contributed by atoms with van der Waals surface area (Å²) in [5.74, 6) is 0.840. The van der Waals surface area contributed by atoms with Crippen LogP contribution in [0.15, 0.2) is 11.6 Å². The van der Waals surface area contributed by atoms with Gasteiger partial charge in [-0.05, 0) is 25.3 Å². The molecule has 0 aliphatic carbocycles. The molecular formula is C13H21N3OS. The van der Waals surface area contributed by atoms with Crippen molar-refractivity contribution in [2.45, 2.75) is 38.6 Å². The van der Waals surface area contributed by atoms with Crippen molar-refractivity contribution in [3.8, 4) is 0 Å². The lowest BCUT2D eigenvalue weighted by atomic mass is 9.92. The van der Waals surface area contributed by atoms with Gasteiger partial charge in [0.25, 0.3) is 0 Å². The Bertz CT molecular complexity index is 380. The van der Waals surface area contributed by atoms with Crippen molar-refractivity contribution in [1.29, 1.82) is 0 Å². The van der Waals surface area contributed by atoms with Gasteiger partial charge in [0, 0.05) is 24.0 Å². The summed E-state index contributed by atoms with van der Waals surface area (Å²) in [4.78, 5) is 16.4. The minimum Gasteiger partial charge on any atom is -0.354 e. The molecule has 18 heavy (non-hydrogen) atoms. The molecule has 1 aromatic rings. The summed E-state index contributed by atoms with van der Waals surface area (Å²) in [6.07, 6.45) is 4.11. The third-order valence-electron chi connectivity index (χ3n) is 3.51. The van der Waals surface area contributed by atoms with E-state index in [0.29, 0.717) is 12.5 Å². The Morgan fingerprint density at radius 1 is 1.72 bits per heavy atom. The standard InChI is InChI=1S/C13H21N3OS/c1-9-4-3-5-14-11(9)12(17)16-8-10(2)13-15-6-7-18-13/h6-7,9-11,14H,3-5,8H2,1-2H3,(H,16,17). The average molecular weight is 267 g/mol. The van der Waals surface area contributed by atoms with Crippen LogP contribution in [-0.2, 0) is 4.79 Å². The van der Waals surface area contributed by atoms with Gasteiger partial charge in [0.05, 0.1) is 11.0 Å². The molecule has 0 saturated carbocycles. The predicted molar refractivity (Wildman–Crippen MR) is 73.7 cm³/mol. The minimum atomic E-state index is -0.0257. The first-order valence-corrected chi connectivity index (χ1v) is 7.47. The highest BCUT2D eigenvalue weighted by atomic mass is 32.1. The predicted octanol–water partition coefficient (Wildman–Crippen LogP) is 1.75. The highest BCUT2D eigenvalue weighted by molar-refractivity contribution is 7.09. The lowest BCUT2D eigenvalue weighted by Crippen LogP contribution is -2.51. The second kappa shape index (κ2) is 6.29. The number of carbonyl (C=O) groups excluding carboxylic acids is 1. The summed E-state index contributed by atoms with van der Waals surface area (Å²) >= 11 is 1.64. The number of thiazole rings is 1. The maximum Gasteiger partial charge on any atom is 0.237 e. The summed E-state index contributed by atoms with van der Waals surface area (Å²) in [5, 5.41) is 9.39. The van der Waals surface area contributed by atoms with Gasteiger partial charge in [0.1, 0.15) is 0 Å². The number of amides is 1. The summed E-state index contributed by atoms with van der Waals surface area (Å²) < 4.78 is 0. The van der Waals surface area contributed by atoms with Gasteiger partial charge in [0.15, 0.2) is 0 Å². The molecule has 2 heterocycles. The first-order chi connectivity index (χ1) is 8.68. The van der Waals surface area contributed by atoms with Crippen LogP contribution in [0.3, 0.4) is 0 Å². The highest BCUT2D eigenvalue weighted by Crippen LogP contribution is 2.18. The van der Waals surface area contributed by atoms with Crippen LogP contribution in [0.25, 0.3) is 0 Å². The quantitative estimate of drug-likeness (QED) is 0.874. The van der Waals surface area contributed by atoms with Crippen LogP contribution >= 0.6 is 11.3 Å². The number of piperidine rings is 1. The maximum atomic E-state index is 12.1. The molecule has 3 atom stereocenters. The molecule has 0 bridgehead atoms. The lowest BCUT2D eigenvalue weighted by Gasteiger charge is -2.29. The summed E-state index contributed by atoms with van der Waals surface area (Å²) in [5.41, 5.74) is 0. The Morgan fingerprint density at radius 2 is 2.56 bits per heavy atom. The summed E-state index contributed by atoms with van der Waals surface area (Å²) in [6.45, 7) is 5.85. The van der Waals surface area contributed by atoms with E-state index in [1.807, 2.05) is 11.6 Å². The number of rotatable bonds is 4. The van der Waals surface area contributed by atoms with E-state index in [1.54, 1.807) is 11.3 Å². The van der Waals surface area contributed by atoms with Gasteiger partial charge in [-0.15, -0.1) is 11.3 Å². The van der Waals surface area contributed by atoms with E-state index in [2.05, 4.69) is 29.5 Å². The van der Waals surface area contributed by atoms with Crippen molar-refractivity contribution in [2.24, 2.45) is 5.92 Å². The largest absolute Gasteiger partial charge is 0.354 e. The van der Waals surface area contributed by atoms with Gasteiger partial charge in [-0.2, -0.15) is 0 Å². The third kappa shape index (κ3) is 3.29. The Morgan fingerprint density at radius 3 is 3.22 bits per heavy atom. The first-order valence-electron chi connectivity index (χ1n) is 6.59. The lowest BCUT2D eigenvalue weighted by molar-refractivity contribution is -0.124. The van der Waals surface area contributed by atoms with Gasteiger partial charge >= 0.3 is 0 Å². The molecule has 1 aliphatic heterocycles. The maximum absolute atomic E-state index is 12.1. The molecule has 3 unspecified atom stereocenters.